The Bertz CT molecular complexity index is 462. The number of rotatable bonds is 7. The second kappa shape index (κ2) is 9.45. The van der Waals surface area contributed by atoms with Gasteiger partial charge in [-0.1, -0.05) is 17.9 Å². The Kier molecular flexibility index (Phi) is 7.85. The van der Waals surface area contributed by atoms with Crippen LogP contribution in [0.25, 0.3) is 0 Å². The van der Waals surface area contributed by atoms with Crippen LogP contribution in [0.4, 0.5) is 4.39 Å². The lowest BCUT2D eigenvalue weighted by molar-refractivity contribution is 0.154. The van der Waals surface area contributed by atoms with E-state index in [1.54, 1.807) is 17.0 Å². The average Bonchev–Trinajstić information content (AvgIpc) is 2.42. The van der Waals surface area contributed by atoms with Crippen molar-refractivity contribution in [2.75, 3.05) is 32.9 Å². The molecule has 0 aromatic heterocycles. The molecule has 0 aliphatic carbocycles. The molecule has 0 amide bonds. The summed E-state index contributed by atoms with van der Waals surface area (Å²) in [6, 6.07) is 4.73. The zero-order valence-electron chi connectivity index (χ0n) is 11.3. The third-order valence-corrected chi connectivity index (χ3v) is 2.75. The summed E-state index contributed by atoms with van der Waals surface area (Å²) in [5.41, 5.74) is 1.06. The fraction of sp³-hybridized carbons (Fsp3) is 0.467. The van der Waals surface area contributed by atoms with Crippen molar-refractivity contribution in [3.8, 4) is 11.8 Å². The smallest absolute Gasteiger partial charge is 0.128 e. The molecule has 1 rings (SSSR count). The van der Waals surface area contributed by atoms with E-state index < -0.39 is 0 Å². The third-order valence-electron chi connectivity index (χ3n) is 2.75. The van der Waals surface area contributed by atoms with Crippen LogP contribution < -0.4 is 0 Å². The molecule has 1 aromatic rings. The lowest BCUT2D eigenvalue weighted by Crippen LogP contribution is -2.29. The fourth-order valence-electron chi connectivity index (χ4n) is 1.77. The molecule has 1 aromatic carbocycles. The van der Waals surface area contributed by atoms with Gasteiger partial charge in [-0.15, -0.1) is 0 Å². The average molecular weight is 281 g/mol. The molecule has 0 radical (unpaired) electrons. The van der Waals surface area contributed by atoms with E-state index in [0.29, 0.717) is 37.2 Å². The van der Waals surface area contributed by atoms with E-state index in [-0.39, 0.29) is 25.6 Å². The predicted molar refractivity (Wildman–Crippen MR) is 74.4 cm³/mol. The molecule has 0 spiro atoms. The van der Waals surface area contributed by atoms with Crippen molar-refractivity contribution < 1.29 is 19.7 Å². The van der Waals surface area contributed by atoms with Gasteiger partial charge in [-0.3, -0.25) is 4.90 Å². The third kappa shape index (κ3) is 5.68. The van der Waals surface area contributed by atoms with Crippen molar-refractivity contribution in [2.24, 2.45) is 0 Å². The van der Waals surface area contributed by atoms with Crippen molar-refractivity contribution >= 4 is 0 Å². The van der Waals surface area contributed by atoms with Crippen LogP contribution in [0.2, 0.25) is 0 Å². The largest absolute Gasteiger partial charge is 0.395 e. The van der Waals surface area contributed by atoms with Gasteiger partial charge in [-0.05, 0) is 12.1 Å². The molecular weight excluding hydrogens is 261 g/mol. The van der Waals surface area contributed by atoms with Crippen LogP contribution in [0.15, 0.2) is 18.2 Å². The van der Waals surface area contributed by atoms with E-state index >= 15 is 0 Å². The number of nitrogens with zero attached hydrogens (tertiary/aromatic N) is 1. The number of halogens is 1. The second-order valence-electron chi connectivity index (χ2n) is 4.30. The van der Waals surface area contributed by atoms with Gasteiger partial charge in [0.05, 0.1) is 19.8 Å². The Hall–Kier alpha value is -1.45. The maximum absolute atomic E-state index is 13.9. The summed E-state index contributed by atoms with van der Waals surface area (Å²) in [5, 5.41) is 26.5. The van der Waals surface area contributed by atoms with E-state index in [1.807, 2.05) is 0 Å². The number of hydrogen-bond donors (Lipinski definition) is 3. The minimum atomic E-state index is -0.360. The molecule has 0 saturated heterocycles. The van der Waals surface area contributed by atoms with Crippen molar-refractivity contribution in [2.45, 2.75) is 13.0 Å². The molecule has 0 atom stereocenters. The Labute approximate surface area is 118 Å². The molecule has 4 nitrogen and oxygen atoms in total. The zero-order chi connectivity index (χ0) is 14.8. The molecule has 0 unspecified atom stereocenters. The highest BCUT2D eigenvalue weighted by molar-refractivity contribution is 5.37. The fourth-order valence-corrected chi connectivity index (χ4v) is 1.77. The molecule has 20 heavy (non-hydrogen) atoms. The highest BCUT2D eigenvalue weighted by atomic mass is 19.1. The van der Waals surface area contributed by atoms with Gasteiger partial charge in [0.15, 0.2) is 0 Å². The maximum Gasteiger partial charge on any atom is 0.128 e. The van der Waals surface area contributed by atoms with Crippen LogP contribution in [0, 0.1) is 17.7 Å². The normalized spacial score (nSPS) is 10.4. The number of hydrogen-bond acceptors (Lipinski definition) is 4. The Morgan fingerprint density at radius 2 is 1.75 bits per heavy atom. The van der Waals surface area contributed by atoms with Gasteiger partial charge >= 0.3 is 0 Å². The zero-order valence-corrected chi connectivity index (χ0v) is 11.3. The van der Waals surface area contributed by atoms with Crippen molar-refractivity contribution in [3.05, 3.63) is 35.1 Å². The first-order chi connectivity index (χ1) is 9.71. The quantitative estimate of drug-likeness (QED) is 0.631. The first kappa shape index (κ1) is 16.6. The summed E-state index contributed by atoms with van der Waals surface area (Å²) in [7, 11) is 0. The SMILES string of the molecule is OCCC#Cc1ccc(CN(CCO)CCO)c(F)c1. The van der Waals surface area contributed by atoms with Gasteiger partial charge in [-0.25, -0.2) is 4.39 Å². The molecule has 0 fully saturated rings. The minimum absolute atomic E-state index is 0.00908. The van der Waals surface area contributed by atoms with Gasteiger partial charge in [0.2, 0.25) is 0 Å². The summed E-state index contributed by atoms with van der Waals surface area (Å²) in [5.74, 6) is 5.15. The Morgan fingerprint density at radius 3 is 2.30 bits per heavy atom. The van der Waals surface area contributed by atoms with Crippen LogP contribution >= 0.6 is 0 Å². The summed E-state index contributed by atoms with van der Waals surface area (Å²) >= 11 is 0. The van der Waals surface area contributed by atoms with E-state index in [1.165, 1.54) is 6.07 Å². The maximum atomic E-state index is 13.9. The van der Waals surface area contributed by atoms with Gasteiger partial charge in [0.1, 0.15) is 5.82 Å². The summed E-state index contributed by atoms with van der Waals surface area (Å²) < 4.78 is 13.9. The number of aliphatic hydroxyl groups is 3. The molecule has 3 N–H and O–H groups in total. The summed E-state index contributed by atoms with van der Waals surface area (Å²) in [6.45, 7) is 1.02. The summed E-state index contributed by atoms with van der Waals surface area (Å²) in [4.78, 5) is 1.77. The van der Waals surface area contributed by atoms with E-state index in [9.17, 15) is 4.39 Å². The lowest BCUT2D eigenvalue weighted by atomic mass is 10.1. The van der Waals surface area contributed by atoms with Gasteiger partial charge in [-0.2, -0.15) is 0 Å². The summed E-state index contributed by atoms with van der Waals surface area (Å²) in [6.07, 6.45) is 0.365. The molecule has 110 valence electrons. The van der Waals surface area contributed by atoms with Gasteiger partial charge in [0.25, 0.3) is 0 Å². The first-order valence-corrected chi connectivity index (χ1v) is 6.53. The van der Waals surface area contributed by atoms with E-state index in [2.05, 4.69) is 11.8 Å². The van der Waals surface area contributed by atoms with E-state index in [4.69, 9.17) is 15.3 Å². The molecule has 0 saturated carbocycles. The Morgan fingerprint density at radius 1 is 1.05 bits per heavy atom. The van der Waals surface area contributed by atoms with Crippen LogP contribution in [-0.4, -0.2) is 53.1 Å². The van der Waals surface area contributed by atoms with Crippen LogP contribution in [0.1, 0.15) is 17.5 Å². The topological polar surface area (TPSA) is 63.9 Å². The predicted octanol–water partition coefficient (Wildman–Crippen LogP) is 0.346. The first-order valence-electron chi connectivity index (χ1n) is 6.53. The number of benzene rings is 1. The Balaban J connectivity index is 2.74. The van der Waals surface area contributed by atoms with Crippen molar-refractivity contribution in [3.63, 3.8) is 0 Å². The highest BCUT2D eigenvalue weighted by Crippen LogP contribution is 2.12. The minimum Gasteiger partial charge on any atom is -0.395 e. The molecule has 0 heterocycles. The monoisotopic (exact) mass is 281 g/mol. The van der Waals surface area contributed by atoms with Crippen LogP contribution in [0.5, 0.6) is 0 Å². The van der Waals surface area contributed by atoms with Gasteiger partial charge < -0.3 is 15.3 Å². The lowest BCUT2D eigenvalue weighted by Gasteiger charge is -2.20. The van der Waals surface area contributed by atoms with Gasteiger partial charge in [0, 0.05) is 37.2 Å². The highest BCUT2D eigenvalue weighted by Gasteiger charge is 2.09. The van der Waals surface area contributed by atoms with Crippen LogP contribution in [-0.2, 0) is 6.54 Å². The molecule has 5 heteroatoms. The number of aliphatic hydroxyl groups excluding tert-OH is 3. The van der Waals surface area contributed by atoms with Crippen molar-refractivity contribution in [1.29, 1.82) is 0 Å². The second-order valence-corrected chi connectivity index (χ2v) is 4.30. The molecular formula is C15H20FNO3. The molecule has 0 bridgehead atoms. The standard InChI is InChI=1S/C15H20FNO3/c16-15-11-13(3-1-2-8-18)4-5-14(15)12-17(6-9-19)7-10-20/h4-5,11,18-20H,2,6-10,12H2. The van der Waals surface area contributed by atoms with Crippen LogP contribution in [0.3, 0.4) is 0 Å². The van der Waals surface area contributed by atoms with Crippen molar-refractivity contribution in [1.82, 2.24) is 4.90 Å². The molecule has 0 aliphatic rings. The molecule has 0 aliphatic heterocycles. The van der Waals surface area contributed by atoms with E-state index in [0.717, 1.165) is 0 Å².